The third-order valence-electron chi connectivity index (χ3n) is 4.49. The van der Waals surface area contributed by atoms with Crippen LogP contribution >= 0.6 is 0 Å². The lowest BCUT2D eigenvalue weighted by Gasteiger charge is -2.21. The van der Waals surface area contributed by atoms with Crippen molar-refractivity contribution < 1.29 is 14.3 Å². The van der Waals surface area contributed by atoms with E-state index in [0.717, 1.165) is 22.7 Å². The Morgan fingerprint density at radius 1 is 1.08 bits per heavy atom. The number of hydrogen-bond donors (Lipinski definition) is 2. The number of amides is 1. The molecule has 2 aromatic carbocycles. The number of hydrogen-bond acceptors (Lipinski definition) is 5. The average molecular weight is 341 g/mol. The molecule has 2 atom stereocenters. The third-order valence-corrected chi connectivity index (χ3v) is 4.49. The van der Waals surface area contributed by atoms with Crippen molar-refractivity contribution in [2.45, 2.75) is 18.5 Å². The van der Waals surface area contributed by atoms with E-state index in [2.05, 4.69) is 10.9 Å². The highest BCUT2D eigenvalue weighted by atomic mass is 16.5. The SMILES string of the molecule is COc1ccc(C2CC(C(=O)N(C)c3ccccc3)NN2)c(OC)c1. The fourth-order valence-electron chi connectivity index (χ4n) is 3.04. The molecule has 0 aromatic heterocycles. The van der Waals surface area contributed by atoms with Gasteiger partial charge in [0.15, 0.2) is 0 Å². The molecule has 0 radical (unpaired) electrons. The molecule has 2 N–H and O–H groups in total. The fourth-order valence-corrected chi connectivity index (χ4v) is 3.04. The topological polar surface area (TPSA) is 62.8 Å². The lowest BCUT2D eigenvalue weighted by molar-refractivity contribution is -0.120. The lowest BCUT2D eigenvalue weighted by atomic mass is 10.00. The Hall–Kier alpha value is -2.57. The summed E-state index contributed by atoms with van der Waals surface area (Å²) in [4.78, 5) is 14.4. The van der Waals surface area contributed by atoms with Gasteiger partial charge in [0.1, 0.15) is 17.5 Å². The second-order valence-electron chi connectivity index (χ2n) is 5.97. The van der Waals surface area contributed by atoms with Crippen LogP contribution in [0.25, 0.3) is 0 Å². The molecule has 0 spiro atoms. The molecule has 0 aliphatic carbocycles. The lowest BCUT2D eigenvalue weighted by Crippen LogP contribution is -2.44. The van der Waals surface area contributed by atoms with Crippen LogP contribution in [0.3, 0.4) is 0 Å². The number of nitrogens with one attached hydrogen (secondary N) is 2. The molecule has 1 aliphatic heterocycles. The van der Waals surface area contributed by atoms with E-state index < -0.39 is 0 Å². The second kappa shape index (κ2) is 7.55. The van der Waals surface area contributed by atoms with Crippen LogP contribution in [0.2, 0.25) is 0 Å². The summed E-state index contributed by atoms with van der Waals surface area (Å²) in [5.41, 5.74) is 8.18. The molecular formula is C19H23N3O3. The number of nitrogens with zero attached hydrogens (tertiary/aromatic N) is 1. The molecule has 0 saturated carbocycles. The number of rotatable bonds is 5. The number of anilines is 1. The summed E-state index contributed by atoms with van der Waals surface area (Å²) in [5.74, 6) is 1.50. The van der Waals surface area contributed by atoms with Crippen molar-refractivity contribution in [1.29, 1.82) is 0 Å². The summed E-state index contributed by atoms with van der Waals surface area (Å²) in [6.07, 6.45) is 0.638. The summed E-state index contributed by atoms with van der Waals surface area (Å²) >= 11 is 0. The van der Waals surface area contributed by atoms with Gasteiger partial charge in [0.2, 0.25) is 5.91 Å². The van der Waals surface area contributed by atoms with E-state index in [-0.39, 0.29) is 18.0 Å². The van der Waals surface area contributed by atoms with Gasteiger partial charge in [0, 0.05) is 24.4 Å². The molecular weight excluding hydrogens is 318 g/mol. The van der Waals surface area contributed by atoms with Gasteiger partial charge >= 0.3 is 0 Å². The smallest absolute Gasteiger partial charge is 0.245 e. The molecule has 0 bridgehead atoms. The molecule has 6 nitrogen and oxygen atoms in total. The Kier molecular flexibility index (Phi) is 5.21. The molecule has 6 heteroatoms. The van der Waals surface area contributed by atoms with Gasteiger partial charge in [0.25, 0.3) is 0 Å². The first-order valence-electron chi connectivity index (χ1n) is 8.19. The summed E-state index contributed by atoms with van der Waals surface area (Å²) in [6.45, 7) is 0. The molecule has 1 aliphatic rings. The van der Waals surface area contributed by atoms with Gasteiger partial charge in [-0.05, 0) is 24.6 Å². The zero-order valence-electron chi connectivity index (χ0n) is 14.7. The minimum absolute atomic E-state index is 0.0148. The minimum atomic E-state index is -0.304. The fraction of sp³-hybridized carbons (Fsp3) is 0.316. The van der Waals surface area contributed by atoms with Crippen molar-refractivity contribution in [1.82, 2.24) is 10.9 Å². The Morgan fingerprint density at radius 2 is 1.84 bits per heavy atom. The molecule has 132 valence electrons. The number of benzene rings is 2. The maximum atomic E-state index is 12.7. The number of hydrazine groups is 1. The highest BCUT2D eigenvalue weighted by Gasteiger charge is 2.33. The van der Waals surface area contributed by atoms with E-state index in [9.17, 15) is 4.79 Å². The normalized spacial score (nSPS) is 19.5. The van der Waals surface area contributed by atoms with Crippen molar-refractivity contribution in [3.8, 4) is 11.5 Å². The quantitative estimate of drug-likeness (QED) is 0.874. The third kappa shape index (κ3) is 3.60. The van der Waals surface area contributed by atoms with Gasteiger partial charge in [0.05, 0.1) is 20.3 Å². The van der Waals surface area contributed by atoms with Crippen molar-refractivity contribution in [3.05, 3.63) is 54.1 Å². The zero-order valence-corrected chi connectivity index (χ0v) is 14.7. The maximum Gasteiger partial charge on any atom is 0.245 e. The molecule has 1 fully saturated rings. The first-order valence-corrected chi connectivity index (χ1v) is 8.19. The highest BCUT2D eigenvalue weighted by Crippen LogP contribution is 2.33. The molecule has 1 saturated heterocycles. The van der Waals surface area contributed by atoms with Gasteiger partial charge < -0.3 is 14.4 Å². The molecule has 25 heavy (non-hydrogen) atoms. The highest BCUT2D eigenvalue weighted by molar-refractivity contribution is 5.96. The molecule has 1 heterocycles. The number of likely N-dealkylation sites (N-methyl/N-ethyl adjacent to an activating group) is 1. The van der Waals surface area contributed by atoms with Gasteiger partial charge in [-0.25, -0.2) is 10.9 Å². The molecule has 2 unspecified atom stereocenters. The van der Waals surface area contributed by atoms with Crippen LogP contribution in [-0.4, -0.2) is 33.2 Å². The maximum absolute atomic E-state index is 12.7. The average Bonchev–Trinajstić information content (AvgIpc) is 3.16. The van der Waals surface area contributed by atoms with E-state index in [0.29, 0.717) is 6.42 Å². The minimum Gasteiger partial charge on any atom is -0.497 e. The largest absolute Gasteiger partial charge is 0.497 e. The van der Waals surface area contributed by atoms with Gasteiger partial charge in [-0.2, -0.15) is 0 Å². The summed E-state index contributed by atoms with van der Waals surface area (Å²) in [5, 5.41) is 0. The summed E-state index contributed by atoms with van der Waals surface area (Å²) in [6, 6.07) is 15.0. The summed E-state index contributed by atoms with van der Waals surface area (Å²) < 4.78 is 10.7. The van der Waals surface area contributed by atoms with E-state index in [4.69, 9.17) is 9.47 Å². The number of para-hydroxylation sites is 1. The first kappa shape index (κ1) is 17.3. The van der Waals surface area contributed by atoms with Crippen LogP contribution < -0.4 is 25.2 Å². The van der Waals surface area contributed by atoms with E-state index in [1.807, 2.05) is 48.5 Å². The second-order valence-corrected chi connectivity index (χ2v) is 5.97. The van der Waals surface area contributed by atoms with Gasteiger partial charge in [-0.1, -0.05) is 24.3 Å². The number of carbonyl (C=O) groups is 1. The van der Waals surface area contributed by atoms with Crippen molar-refractivity contribution in [3.63, 3.8) is 0 Å². The predicted molar refractivity (Wildman–Crippen MR) is 96.8 cm³/mol. The van der Waals surface area contributed by atoms with Crippen molar-refractivity contribution in [2.24, 2.45) is 0 Å². The van der Waals surface area contributed by atoms with Gasteiger partial charge in [-0.3, -0.25) is 4.79 Å². The van der Waals surface area contributed by atoms with Crippen LogP contribution in [0.5, 0.6) is 11.5 Å². The van der Waals surface area contributed by atoms with Crippen LogP contribution in [0.4, 0.5) is 5.69 Å². The Balaban J connectivity index is 1.72. The standard InChI is InChI=1S/C19H23N3O3/c1-22(13-7-5-4-6-8-13)19(23)17-12-16(20-21-17)15-10-9-14(24-2)11-18(15)25-3/h4-11,16-17,20-21H,12H2,1-3H3. The van der Waals surface area contributed by atoms with E-state index >= 15 is 0 Å². The Labute approximate surface area is 147 Å². The number of methoxy groups -OCH3 is 2. The monoisotopic (exact) mass is 341 g/mol. The van der Waals surface area contributed by atoms with Crippen LogP contribution in [0, 0.1) is 0 Å². The first-order chi connectivity index (χ1) is 12.1. The molecule has 3 rings (SSSR count). The zero-order chi connectivity index (χ0) is 17.8. The predicted octanol–water partition coefficient (Wildman–Crippen LogP) is 2.27. The Bertz CT molecular complexity index is 736. The van der Waals surface area contributed by atoms with Crippen LogP contribution in [-0.2, 0) is 4.79 Å². The van der Waals surface area contributed by atoms with Gasteiger partial charge in [-0.15, -0.1) is 0 Å². The molecule has 2 aromatic rings. The van der Waals surface area contributed by atoms with Crippen molar-refractivity contribution >= 4 is 11.6 Å². The van der Waals surface area contributed by atoms with Crippen LogP contribution in [0.15, 0.2) is 48.5 Å². The van der Waals surface area contributed by atoms with E-state index in [1.54, 1.807) is 26.2 Å². The molecule has 1 amide bonds. The van der Waals surface area contributed by atoms with Crippen molar-refractivity contribution in [2.75, 3.05) is 26.2 Å². The number of carbonyl (C=O) groups excluding carboxylic acids is 1. The summed E-state index contributed by atoms with van der Waals surface area (Å²) in [7, 11) is 5.05. The van der Waals surface area contributed by atoms with E-state index in [1.165, 1.54) is 0 Å². The van der Waals surface area contributed by atoms with Crippen LogP contribution in [0.1, 0.15) is 18.0 Å². The Morgan fingerprint density at radius 3 is 2.52 bits per heavy atom. The number of ether oxygens (including phenoxy) is 2.